The van der Waals surface area contributed by atoms with Crippen LogP contribution in [0.15, 0.2) is 60.7 Å². The number of benzene rings is 3. The van der Waals surface area contributed by atoms with Gasteiger partial charge in [0.1, 0.15) is 5.75 Å². The van der Waals surface area contributed by atoms with Gasteiger partial charge in [0.05, 0.1) is 16.3 Å². The van der Waals surface area contributed by atoms with Gasteiger partial charge in [0.15, 0.2) is 0 Å². The highest BCUT2D eigenvalue weighted by atomic mass is 35.5. The Morgan fingerprint density at radius 2 is 1.71 bits per heavy atom. The fourth-order valence-corrected chi connectivity index (χ4v) is 2.19. The topological polar surface area (TPSA) is 52.3 Å². The Morgan fingerprint density at radius 3 is 2.48 bits per heavy atom. The van der Waals surface area contributed by atoms with Gasteiger partial charge >= 0.3 is 5.97 Å². The van der Waals surface area contributed by atoms with Gasteiger partial charge in [0, 0.05) is 0 Å². The molecule has 3 rings (SSSR count). The summed E-state index contributed by atoms with van der Waals surface area (Å²) < 4.78 is 5.37. The standard InChI is InChI=1S/C17H12ClNO2/c18-15-8-6-13(10-16(15)19)17(20)21-14-7-5-11-3-1-2-4-12(11)9-14/h1-10H,19H2. The Hall–Kier alpha value is -2.52. The van der Waals surface area contributed by atoms with Crippen LogP contribution < -0.4 is 10.5 Å². The second-order valence-electron chi connectivity index (χ2n) is 4.63. The van der Waals surface area contributed by atoms with Gasteiger partial charge in [-0.1, -0.05) is 41.9 Å². The number of nitrogens with two attached hydrogens (primary N) is 1. The number of hydrogen-bond acceptors (Lipinski definition) is 3. The monoisotopic (exact) mass is 297 g/mol. The zero-order valence-corrected chi connectivity index (χ0v) is 11.8. The van der Waals surface area contributed by atoms with Crippen LogP contribution in [0.2, 0.25) is 5.02 Å². The molecule has 0 heterocycles. The molecular weight excluding hydrogens is 286 g/mol. The fraction of sp³-hybridized carbons (Fsp3) is 0. The van der Waals surface area contributed by atoms with Crippen molar-refractivity contribution in [3.8, 4) is 5.75 Å². The molecule has 0 fully saturated rings. The maximum Gasteiger partial charge on any atom is 0.343 e. The van der Waals surface area contributed by atoms with Crippen molar-refractivity contribution in [2.24, 2.45) is 0 Å². The van der Waals surface area contributed by atoms with E-state index in [9.17, 15) is 4.79 Å². The number of ether oxygens (including phenoxy) is 1. The molecule has 0 aliphatic rings. The Morgan fingerprint density at radius 1 is 0.952 bits per heavy atom. The van der Waals surface area contributed by atoms with E-state index in [0.717, 1.165) is 10.8 Å². The lowest BCUT2D eigenvalue weighted by molar-refractivity contribution is 0.0735. The largest absolute Gasteiger partial charge is 0.423 e. The summed E-state index contributed by atoms with van der Waals surface area (Å²) in [6.07, 6.45) is 0. The predicted molar refractivity (Wildman–Crippen MR) is 84.8 cm³/mol. The van der Waals surface area contributed by atoms with Crippen LogP contribution in [-0.2, 0) is 0 Å². The van der Waals surface area contributed by atoms with Crippen LogP contribution in [0.3, 0.4) is 0 Å². The summed E-state index contributed by atoms with van der Waals surface area (Å²) in [6, 6.07) is 18.0. The maximum absolute atomic E-state index is 12.1. The van der Waals surface area contributed by atoms with E-state index < -0.39 is 5.97 Å². The molecule has 104 valence electrons. The highest BCUT2D eigenvalue weighted by Gasteiger charge is 2.10. The zero-order chi connectivity index (χ0) is 14.8. The smallest absolute Gasteiger partial charge is 0.343 e. The highest BCUT2D eigenvalue weighted by molar-refractivity contribution is 6.33. The van der Waals surface area contributed by atoms with Gasteiger partial charge in [-0.2, -0.15) is 0 Å². The van der Waals surface area contributed by atoms with E-state index in [-0.39, 0.29) is 0 Å². The van der Waals surface area contributed by atoms with Crippen molar-refractivity contribution in [2.45, 2.75) is 0 Å². The second-order valence-corrected chi connectivity index (χ2v) is 5.04. The first-order valence-corrected chi connectivity index (χ1v) is 6.77. The summed E-state index contributed by atoms with van der Waals surface area (Å²) in [4.78, 5) is 12.1. The summed E-state index contributed by atoms with van der Waals surface area (Å²) in [7, 11) is 0. The van der Waals surface area contributed by atoms with E-state index in [4.69, 9.17) is 22.1 Å². The third-order valence-electron chi connectivity index (χ3n) is 3.16. The van der Waals surface area contributed by atoms with Gasteiger partial charge in [0.2, 0.25) is 0 Å². The van der Waals surface area contributed by atoms with Crippen LogP contribution in [-0.4, -0.2) is 5.97 Å². The number of nitrogen functional groups attached to an aromatic ring is 1. The van der Waals surface area contributed by atoms with Crippen molar-refractivity contribution in [3.63, 3.8) is 0 Å². The number of anilines is 1. The number of fused-ring (bicyclic) bond motifs is 1. The van der Waals surface area contributed by atoms with Crippen LogP contribution in [0, 0.1) is 0 Å². The molecule has 3 aromatic carbocycles. The van der Waals surface area contributed by atoms with Crippen LogP contribution >= 0.6 is 11.6 Å². The van der Waals surface area contributed by atoms with Crippen LogP contribution in [0.5, 0.6) is 5.75 Å². The summed E-state index contributed by atoms with van der Waals surface area (Å²) in [5.41, 5.74) is 6.40. The Bertz CT molecular complexity index is 830. The molecule has 0 aromatic heterocycles. The average molecular weight is 298 g/mol. The molecule has 0 atom stereocenters. The molecule has 4 heteroatoms. The van der Waals surface area contributed by atoms with Crippen molar-refractivity contribution in [3.05, 3.63) is 71.2 Å². The summed E-state index contributed by atoms with van der Waals surface area (Å²) in [5, 5.41) is 2.52. The first-order valence-electron chi connectivity index (χ1n) is 6.39. The predicted octanol–water partition coefficient (Wildman–Crippen LogP) is 4.29. The van der Waals surface area contributed by atoms with E-state index >= 15 is 0 Å². The molecule has 0 amide bonds. The molecule has 0 radical (unpaired) electrons. The molecule has 3 nitrogen and oxygen atoms in total. The molecule has 0 aliphatic carbocycles. The van der Waals surface area contributed by atoms with Crippen molar-refractivity contribution in [1.82, 2.24) is 0 Å². The number of hydrogen-bond donors (Lipinski definition) is 1. The molecule has 0 aliphatic heterocycles. The van der Waals surface area contributed by atoms with Gasteiger partial charge < -0.3 is 10.5 Å². The van der Waals surface area contributed by atoms with E-state index in [1.54, 1.807) is 18.2 Å². The molecule has 21 heavy (non-hydrogen) atoms. The lowest BCUT2D eigenvalue weighted by Crippen LogP contribution is -2.08. The second kappa shape index (κ2) is 5.46. The van der Waals surface area contributed by atoms with Gasteiger partial charge in [-0.05, 0) is 41.1 Å². The Labute approximate surface area is 126 Å². The van der Waals surface area contributed by atoms with Crippen LogP contribution in [0.1, 0.15) is 10.4 Å². The average Bonchev–Trinajstić information content (AvgIpc) is 2.50. The minimum Gasteiger partial charge on any atom is -0.423 e. The lowest BCUT2D eigenvalue weighted by Gasteiger charge is -2.07. The molecule has 3 aromatic rings. The van der Waals surface area contributed by atoms with Crippen molar-refractivity contribution < 1.29 is 9.53 Å². The molecule has 0 bridgehead atoms. The molecule has 0 unspecified atom stereocenters. The normalized spacial score (nSPS) is 10.5. The zero-order valence-electron chi connectivity index (χ0n) is 11.0. The third-order valence-corrected chi connectivity index (χ3v) is 3.51. The quantitative estimate of drug-likeness (QED) is 0.436. The summed E-state index contributed by atoms with van der Waals surface area (Å²) >= 11 is 5.83. The number of halogens is 1. The summed E-state index contributed by atoms with van der Waals surface area (Å²) in [6.45, 7) is 0. The lowest BCUT2D eigenvalue weighted by atomic mass is 10.1. The number of carbonyl (C=O) groups is 1. The molecule has 0 spiro atoms. The summed E-state index contributed by atoms with van der Waals surface area (Å²) in [5.74, 6) is 0.0286. The molecule has 2 N–H and O–H groups in total. The minimum atomic E-state index is -0.464. The maximum atomic E-state index is 12.1. The minimum absolute atomic E-state index is 0.352. The number of esters is 1. The Kier molecular flexibility index (Phi) is 3.50. The van der Waals surface area contributed by atoms with Crippen LogP contribution in [0.4, 0.5) is 5.69 Å². The molecule has 0 saturated heterocycles. The van der Waals surface area contributed by atoms with Gasteiger partial charge in [-0.25, -0.2) is 4.79 Å². The van der Waals surface area contributed by atoms with E-state index in [1.165, 1.54) is 6.07 Å². The molecular formula is C17H12ClNO2. The highest BCUT2D eigenvalue weighted by Crippen LogP contribution is 2.23. The van der Waals surface area contributed by atoms with Gasteiger partial charge in [-0.3, -0.25) is 0 Å². The number of rotatable bonds is 2. The fourth-order valence-electron chi connectivity index (χ4n) is 2.07. The third kappa shape index (κ3) is 2.83. The van der Waals surface area contributed by atoms with Gasteiger partial charge in [-0.15, -0.1) is 0 Å². The molecule has 0 saturated carbocycles. The first kappa shape index (κ1) is 13.5. The Balaban J connectivity index is 1.87. The first-order chi connectivity index (χ1) is 10.1. The van der Waals surface area contributed by atoms with Gasteiger partial charge in [0.25, 0.3) is 0 Å². The van der Waals surface area contributed by atoms with Crippen molar-refractivity contribution in [2.75, 3.05) is 5.73 Å². The van der Waals surface area contributed by atoms with E-state index in [1.807, 2.05) is 36.4 Å². The van der Waals surface area contributed by atoms with Crippen LogP contribution in [0.25, 0.3) is 10.8 Å². The number of carbonyl (C=O) groups excluding carboxylic acids is 1. The van der Waals surface area contributed by atoms with E-state index in [0.29, 0.717) is 22.0 Å². The van der Waals surface area contributed by atoms with Crippen molar-refractivity contribution in [1.29, 1.82) is 0 Å². The van der Waals surface area contributed by atoms with Crippen molar-refractivity contribution >= 4 is 34.0 Å². The van der Waals surface area contributed by atoms with E-state index in [2.05, 4.69) is 0 Å². The SMILES string of the molecule is Nc1cc(C(=O)Oc2ccc3ccccc3c2)ccc1Cl.